The van der Waals surface area contributed by atoms with Crippen LogP contribution in [0.15, 0.2) is 170 Å². The lowest BCUT2D eigenvalue weighted by Crippen LogP contribution is -2.42. The Balaban J connectivity index is 1.00. The highest BCUT2D eigenvalue weighted by Gasteiger charge is 2.41. The molecule has 3 aromatic heterocycles. The van der Waals surface area contributed by atoms with Gasteiger partial charge in [0.25, 0.3) is 5.69 Å². The first-order valence-electron chi connectivity index (χ1n) is 16.4. The fourth-order valence-corrected chi connectivity index (χ4v) is 7.48. The normalized spacial score (nSPS) is 14.2. The molecule has 1 atom stereocenters. The van der Waals surface area contributed by atoms with Gasteiger partial charge in [0, 0.05) is 35.0 Å². The van der Waals surface area contributed by atoms with Crippen molar-refractivity contribution in [2.24, 2.45) is 0 Å². The zero-order chi connectivity index (χ0) is 31.6. The maximum absolute atomic E-state index is 5.11. The second kappa shape index (κ2) is 10.6. The average molecular weight is 615 g/mol. The highest BCUT2D eigenvalue weighted by atomic mass is 15.3. The van der Waals surface area contributed by atoms with Crippen LogP contribution in [0.25, 0.3) is 60.6 Å². The molecule has 4 heterocycles. The van der Waals surface area contributed by atoms with E-state index in [0.717, 1.165) is 27.8 Å². The zero-order valence-electron chi connectivity index (χ0n) is 26.1. The van der Waals surface area contributed by atoms with Gasteiger partial charge in [-0.3, -0.25) is 4.40 Å². The Hall–Kier alpha value is -6.39. The van der Waals surface area contributed by atoms with Crippen LogP contribution in [0, 0.1) is 0 Å². The highest BCUT2D eigenvalue weighted by molar-refractivity contribution is 6.14. The van der Waals surface area contributed by atoms with Crippen LogP contribution in [-0.4, -0.2) is 20.2 Å². The summed E-state index contributed by atoms with van der Waals surface area (Å²) in [4.78, 5) is 5.11. The van der Waals surface area contributed by atoms with E-state index in [9.17, 15) is 0 Å². The van der Waals surface area contributed by atoms with E-state index < -0.39 is 0 Å². The molecule has 10 rings (SSSR count). The van der Waals surface area contributed by atoms with E-state index in [2.05, 4.69) is 190 Å². The molecule has 4 heteroatoms. The molecule has 0 N–H and O–H groups in total. The van der Waals surface area contributed by atoms with Gasteiger partial charge in [-0.1, -0.05) is 84.9 Å². The van der Waals surface area contributed by atoms with Gasteiger partial charge in [-0.2, -0.15) is 0 Å². The Labute approximate surface area is 277 Å². The van der Waals surface area contributed by atoms with Gasteiger partial charge >= 0.3 is 6.17 Å². The zero-order valence-corrected chi connectivity index (χ0v) is 26.1. The van der Waals surface area contributed by atoms with Crippen molar-refractivity contribution in [3.05, 3.63) is 181 Å². The Morgan fingerprint density at radius 3 is 1.96 bits per heavy atom. The number of para-hydroxylation sites is 3. The first kappa shape index (κ1) is 26.8. The van der Waals surface area contributed by atoms with Gasteiger partial charge in [0.05, 0.1) is 22.1 Å². The van der Waals surface area contributed by atoms with Gasteiger partial charge in [-0.05, 0) is 82.2 Å². The molecule has 9 aromatic rings. The summed E-state index contributed by atoms with van der Waals surface area (Å²) >= 11 is 0. The van der Waals surface area contributed by atoms with Crippen LogP contribution in [0.1, 0.15) is 17.4 Å². The highest BCUT2D eigenvalue weighted by Crippen LogP contribution is 2.36. The van der Waals surface area contributed by atoms with Gasteiger partial charge in [0.15, 0.2) is 6.20 Å². The number of rotatable bonds is 4. The van der Waals surface area contributed by atoms with Crippen molar-refractivity contribution in [3.63, 3.8) is 0 Å². The first-order valence-corrected chi connectivity index (χ1v) is 16.4. The molecular formula is C44H30N4+2. The van der Waals surface area contributed by atoms with Gasteiger partial charge in [-0.15, -0.1) is 9.14 Å². The predicted octanol–water partition coefficient (Wildman–Crippen LogP) is 9.74. The molecule has 48 heavy (non-hydrogen) atoms. The van der Waals surface area contributed by atoms with Crippen LogP contribution in [0.2, 0.25) is 0 Å². The van der Waals surface area contributed by atoms with Crippen molar-refractivity contribution in [1.29, 1.82) is 0 Å². The van der Waals surface area contributed by atoms with E-state index in [4.69, 9.17) is 4.98 Å². The number of benzene rings is 6. The van der Waals surface area contributed by atoms with Crippen molar-refractivity contribution in [3.8, 4) is 22.3 Å². The number of pyridine rings is 2. The number of hydrogen-bond donors (Lipinski definition) is 0. The summed E-state index contributed by atoms with van der Waals surface area (Å²) < 4.78 is 7.00. The molecular weight excluding hydrogens is 585 g/mol. The average Bonchev–Trinajstić information content (AvgIpc) is 3.75. The molecule has 1 unspecified atom stereocenters. The molecule has 0 fully saturated rings. The minimum Gasteiger partial charge on any atom is -0.292 e. The maximum Gasteiger partial charge on any atom is 0.380 e. The SMILES string of the molecule is C1=[N+](c2ccc(-c3ccc(-c4ccc5c6ccccc6n6c7ccccc7nc6c5c4)cc3)cc2)C(c2ccccc2)[n+]2ccccc21. The van der Waals surface area contributed by atoms with E-state index in [1.165, 1.54) is 49.8 Å². The van der Waals surface area contributed by atoms with E-state index in [1.54, 1.807) is 0 Å². The molecule has 1 aliphatic heterocycles. The van der Waals surface area contributed by atoms with Crippen molar-refractivity contribution in [2.75, 3.05) is 0 Å². The van der Waals surface area contributed by atoms with Crippen molar-refractivity contribution >= 4 is 50.3 Å². The van der Waals surface area contributed by atoms with E-state index in [0.29, 0.717) is 0 Å². The third kappa shape index (κ3) is 4.13. The van der Waals surface area contributed by atoms with Crippen LogP contribution >= 0.6 is 0 Å². The first-order chi connectivity index (χ1) is 23.8. The van der Waals surface area contributed by atoms with E-state index in [1.807, 2.05) is 0 Å². The van der Waals surface area contributed by atoms with Gasteiger partial charge < -0.3 is 0 Å². The molecule has 0 aliphatic carbocycles. The molecule has 6 aromatic carbocycles. The lowest BCUT2D eigenvalue weighted by atomic mass is 9.97. The number of fused-ring (bicyclic) bond motifs is 9. The Morgan fingerprint density at radius 2 is 1.15 bits per heavy atom. The molecule has 4 nitrogen and oxygen atoms in total. The van der Waals surface area contributed by atoms with Gasteiger partial charge in [0.2, 0.25) is 11.9 Å². The van der Waals surface area contributed by atoms with Gasteiger partial charge in [-0.25, -0.2) is 4.98 Å². The van der Waals surface area contributed by atoms with Crippen molar-refractivity contribution < 1.29 is 9.14 Å². The summed E-state index contributed by atoms with van der Waals surface area (Å²) in [6.07, 6.45) is 4.49. The van der Waals surface area contributed by atoms with Crippen LogP contribution in [0.5, 0.6) is 0 Å². The lowest BCUT2D eigenvalue weighted by Gasteiger charge is -2.11. The second-order valence-electron chi connectivity index (χ2n) is 12.5. The monoisotopic (exact) mass is 614 g/mol. The van der Waals surface area contributed by atoms with Crippen LogP contribution in [0.3, 0.4) is 0 Å². The summed E-state index contributed by atoms with van der Waals surface area (Å²) in [7, 11) is 0. The third-order valence-electron chi connectivity index (χ3n) is 9.79. The topological polar surface area (TPSA) is 24.2 Å². The lowest BCUT2D eigenvalue weighted by molar-refractivity contribution is -0.830. The predicted molar refractivity (Wildman–Crippen MR) is 195 cm³/mol. The molecule has 0 amide bonds. The maximum atomic E-state index is 5.11. The molecule has 224 valence electrons. The van der Waals surface area contributed by atoms with Crippen LogP contribution in [0.4, 0.5) is 5.69 Å². The van der Waals surface area contributed by atoms with E-state index >= 15 is 0 Å². The minimum atomic E-state index is 0.0778. The third-order valence-corrected chi connectivity index (χ3v) is 9.79. The fraction of sp³-hybridized carbons (Fsp3) is 0.0227. The van der Waals surface area contributed by atoms with E-state index in [-0.39, 0.29) is 6.17 Å². The smallest absolute Gasteiger partial charge is 0.292 e. The Kier molecular flexibility index (Phi) is 5.90. The molecule has 0 saturated heterocycles. The molecule has 0 bridgehead atoms. The summed E-state index contributed by atoms with van der Waals surface area (Å²) in [6.45, 7) is 0. The number of imidazole rings is 1. The molecule has 0 saturated carbocycles. The van der Waals surface area contributed by atoms with Crippen LogP contribution in [-0.2, 0) is 0 Å². The Bertz CT molecular complexity index is 2700. The molecule has 1 aliphatic rings. The summed E-state index contributed by atoms with van der Waals surface area (Å²) in [5, 5.41) is 3.62. The molecule has 0 radical (unpaired) electrons. The molecule has 0 spiro atoms. The van der Waals surface area contributed by atoms with Crippen LogP contribution < -0.4 is 4.57 Å². The van der Waals surface area contributed by atoms with Crippen molar-refractivity contribution in [2.45, 2.75) is 6.17 Å². The number of hydrogen-bond acceptors (Lipinski definition) is 1. The fourth-order valence-electron chi connectivity index (χ4n) is 7.48. The minimum absolute atomic E-state index is 0.0778. The summed E-state index contributed by atoms with van der Waals surface area (Å²) in [6, 6.07) is 58.8. The standard InChI is InChI=1S/C44H30N4/c1-2-10-33(11-3-1)44-46-27-9-8-12-36(46)29-47(44)35-24-21-31(22-25-35)30-17-19-32(20-18-30)34-23-26-37-38-13-4-6-15-41(38)48-42-16-7-5-14-40(42)45-43(48)39(37)28-34/h1-29,44H/q+2. The Morgan fingerprint density at radius 1 is 0.500 bits per heavy atom. The second-order valence-corrected chi connectivity index (χ2v) is 12.5. The summed E-state index contributed by atoms with van der Waals surface area (Å²) in [5.74, 6) is 0. The van der Waals surface area contributed by atoms with Gasteiger partial charge in [0.1, 0.15) is 5.65 Å². The largest absolute Gasteiger partial charge is 0.380 e. The summed E-state index contributed by atoms with van der Waals surface area (Å²) in [5.41, 5.74) is 12.7. The quantitative estimate of drug-likeness (QED) is 0.143. The number of nitrogens with zero attached hydrogens (tertiary/aromatic N) is 4. The van der Waals surface area contributed by atoms with Crippen molar-refractivity contribution in [1.82, 2.24) is 9.38 Å². The number of aromatic nitrogens is 3.